The first-order chi connectivity index (χ1) is 8.56. The van der Waals surface area contributed by atoms with Gasteiger partial charge in [0.2, 0.25) is 0 Å². The topological polar surface area (TPSA) is 15.3 Å². The Morgan fingerprint density at radius 1 is 1.28 bits per heavy atom. The number of anilines is 1. The maximum atomic E-state index is 3.74. The number of rotatable bonds is 6. The Bertz CT molecular complexity index is 400. The molecule has 0 atom stereocenters. The lowest BCUT2D eigenvalue weighted by molar-refractivity contribution is 0.695. The number of nitrogens with zero attached hydrogens (tertiary/aromatic N) is 1. The summed E-state index contributed by atoms with van der Waals surface area (Å²) in [7, 11) is 0. The molecule has 0 bridgehead atoms. The molecule has 18 heavy (non-hydrogen) atoms. The summed E-state index contributed by atoms with van der Waals surface area (Å²) in [6.07, 6.45) is 1.74. The van der Waals surface area contributed by atoms with Crippen LogP contribution in [0.15, 0.2) is 54.4 Å². The summed E-state index contributed by atoms with van der Waals surface area (Å²) in [5.74, 6) is 0. The van der Waals surface area contributed by atoms with Gasteiger partial charge in [-0.3, -0.25) is 0 Å². The van der Waals surface area contributed by atoms with Gasteiger partial charge in [-0.25, -0.2) is 0 Å². The zero-order valence-corrected chi connectivity index (χ0v) is 11.9. The van der Waals surface area contributed by atoms with Gasteiger partial charge in [-0.2, -0.15) is 0 Å². The van der Waals surface area contributed by atoms with Crippen molar-refractivity contribution in [2.24, 2.45) is 0 Å². The Kier molecular flexibility index (Phi) is 5.50. The first-order valence-electron chi connectivity index (χ1n) is 6.41. The fraction of sp³-hybridized carbons (Fsp3) is 0.375. The monoisotopic (exact) mass is 244 g/mol. The molecule has 1 N–H and O–H groups in total. The molecule has 0 fully saturated rings. The quantitative estimate of drug-likeness (QED) is 0.815. The molecule has 0 aliphatic heterocycles. The van der Waals surface area contributed by atoms with Crippen LogP contribution in [0.25, 0.3) is 0 Å². The van der Waals surface area contributed by atoms with Gasteiger partial charge in [0.25, 0.3) is 0 Å². The lowest BCUT2D eigenvalue weighted by atomic mass is 10.2. The Labute approximate surface area is 111 Å². The van der Waals surface area contributed by atoms with Gasteiger partial charge < -0.3 is 10.2 Å². The molecule has 0 spiro atoms. The molecule has 1 aromatic rings. The van der Waals surface area contributed by atoms with Gasteiger partial charge in [0, 0.05) is 17.4 Å². The molecule has 0 amide bonds. The standard InChI is InChI=1S/C16H24N2/c1-6-17-16(13(2)3)12-18(14(4)5)15-10-8-7-9-11-15/h6-11,14,17H,1,12H2,2-5H3. The molecule has 98 valence electrons. The van der Waals surface area contributed by atoms with Gasteiger partial charge in [0.05, 0.1) is 6.54 Å². The van der Waals surface area contributed by atoms with Crippen LogP contribution in [0.4, 0.5) is 5.69 Å². The molecule has 2 nitrogen and oxygen atoms in total. The van der Waals surface area contributed by atoms with E-state index in [0.29, 0.717) is 6.04 Å². The van der Waals surface area contributed by atoms with E-state index in [4.69, 9.17) is 0 Å². The first kappa shape index (κ1) is 14.4. The van der Waals surface area contributed by atoms with Crippen LogP contribution in [0, 0.1) is 0 Å². The van der Waals surface area contributed by atoms with Crippen LogP contribution in [0.3, 0.4) is 0 Å². The van der Waals surface area contributed by atoms with Crippen LogP contribution in [-0.4, -0.2) is 12.6 Å². The third-order valence-corrected chi connectivity index (χ3v) is 2.92. The molecule has 0 aliphatic rings. The van der Waals surface area contributed by atoms with Crippen LogP contribution in [0.1, 0.15) is 27.7 Å². The average Bonchev–Trinajstić information content (AvgIpc) is 2.34. The van der Waals surface area contributed by atoms with Gasteiger partial charge in [-0.05, 0) is 46.0 Å². The fourth-order valence-electron chi connectivity index (χ4n) is 1.83. The SMILES string of the molecule is C=CNC(CN(c1ccccc1)C(C)C)=C(C)C. The average molecular weight is 244 g/mol. The molecule has 2 heteroatoms. The third kappa shape index (κ3) is 3.95. The summed E-state index contributed by atoms with van der Waals surface area (Å²) < 4.78 is 0. The van der Waals surface area contributed by atoms with Crippen molar-refractivity contribution in [3.8, 4) is 0 Å². The van der Waals surface area contributed by atoms with Gasteiger partial charge in [0.15, 0.2) is 0 Å². The lowest BCUT2D eigenvalue weighted by Crippen LogP contribution is -2.35. The minimum atomic E-state index is 0.452. The Hall–Kier alpha value is -1.70. The summed E-state index contributed by atoms with van der Waals surface area (Å²) in [6, 6.07) is 11.0. The second-order valence-corrected chi connectivity index (χ2v) is 4.88. The number of allylic oxidation sites excluding steroid dienone is 1. The summed E-state index contributed by atoms with van der Waals surface area (Å²) in [5, 5.41) is 3.24. The number of hydrogen-bond donors (Lipinski definition) is 1. The fourth-order valence-corrected chi connectivity index (χ4v) is 1.83. The lowest BCUT2D eigenvalue weighted by Gasteiger charge is -2.30. The van der Waals surface area contributed by atoms with Crippen molar-refractivity contribution in [1.82, 2.24) is 5.32 Å². The smallest absolute Gasteiger partial charge is 0.0582 e. The summed E-state index contributed by atoms with van der Waals surface area (Å²) in [5.41, 5.74) is 3.75. The largest absolute Gasteiger partial charge is 0.364 e. The highest BCUT2D eigenvalue weighted by atomic mass is 15.2. The van der Waals surface area contributed by atoms with Crippen LogP contribution >= 0.6 is 0 Å². The highest BCUT2D eigenvalue weighted by Crippen LogP contribution is 2.18. The highest BCUT2D eigenvalue weighted by molar-refractivity contribution is 5.48. The molecule has 0 saturated carbocycles. The predicted molar refractivity (Wildman–Crippen MR) is 80.6 cm³/mol. The molecule has 0 aromatic heterocycles. The van der Waals surface area contributed by atoms with E-state index in [1.807, 2.05) is 6.07 Å². The van der Waals surface area contributed by atoms with Crippen molar-refractivity contribution in [3.05, 3.63) is 54.4 Å². The van der Waals surface area contributed by atoms with Crippen LogP contribution in [0.5, 0.6) is 0 Å². The van der Waals surface area contributed by atoms with Crippen molar-refractivity contribution in [2.75, 3.05) is 11.4 Å². The van der Waals surface area contributed by atoms with Crippen LogP contribution < -0.4 is 10.2 Å². The second kappa shape index (κ2) is 6.90. The van der Waals surface area contributed by atoms with E-state index in [9.17, 15) is 0 Å². The Morgan fingerprint density at radius 3 is 2.33 bits per heavy atom. The van der Waals surface area contributed by atoms with E-state index in [1.165, 1.54) is 17.0 Å². The van der Waals surface area contributed by atoms with E-state index in [1.54, 1.807) is 6.20 Å². The van der Waals surface area contributed by atoms with Gasteiger partial charge >= 0.3 is 0 Å². The van der Waals surface area contributed by atoms with Gasteiger partial charge in [0.1, 0.15) is 0 Å². The van der Waals surface area contributed by atoms with Crippen molar-refractivity contribution in [3.63, 3.8) is 0 Å². The number of benzene rings is 1. The predicted octanol–water partition coefficient (Wildman–Crippen LogP) is 3.93. The molecule has 0 heterocycles. The first-order valence-corrected chi connectivity index (χ1v) is 6.41. The van der Waals surface area contributed by atoms with E-state index in [0.717, 1.165) is 6.54 Å². The molecule has 0 saturated heterocycles. The molecule has 1 aromatic carbocycles. The molecule has 0 radical (unpaired) electrons. The minimum absolute atomic E-state index is 0.452. The molecule has 1 rings (SSSR count). The molecular formula is C16H24N2. The zero-order valence-electron chi connectivity index (χ0n) is 11.9. The normalized spacial score (nSPS) is 10.1. The van der Waals surface area contributed by atoms with Gasteiger partial charge in [-0.15, -0.1) is 0 Å². The maximum Gasteiger partial charge on any atom is 0.0582 e. The molecular weight excluding hydrogens is 220 g/mol. The van der Waals surface area contributed by atoms with Crippen molar-refractivity contribution in [2.45, 2.75) is 33.7 Å². The third-order valence-electron chi connectivity index (χ3n) is 2.92. The van der Waals surface area contributed by atoms with E-state index >= 15 is 0 Å². The highest BCUT2D eigenvalue weighted by Gasteiger charge is 2.12. The van der Waals surface area contributed by atoms with Crippen molar-refractivity contribution >= 4 is 5.69 Å². The second-order valence-electron chi connectivity index (χ2n) is 4.88. The molecule has 0 unspecified atom stereocenters. The van der Waals surface area contributed by atoms with Gasteiger partial charge in [-0.1, -0.05) is 30.4 Å². The molecule has 0 aliphatic carbocycles. The summed E-state index contributed by atoms with van der Waals surface area (Å²) >= 11 is 0. The van der Waals surface area contributed by atoms with Crippen molar-refractivity contribution < 1.29 is 0 Å². The van der Waals surface area contributed by atoms with Crippen molar-refractivity contribution in [1.29, 1.82) is 0 Å². The van der Waals surface area contributed by atoms with E-state index in [-0.39, 0.29) is 0 Å². The summed E-state index contributed by atoms with van der Waals surface area (Å²) in [6.45, 7) is 13.3. The minimum Gasteiger partial charge on any atom is -0.364 e. The van der Waals surface area contributed by atoms with Crippen LogP contribution in [-0.2, 0) is 0 Å². The number of nitrogens with one attached hydrogen (secondary N) is 1. The maximum absolute atomic E-state index is 3.74. The summed E-state index contributed by atoms with van der Waals surface area (Å²) in [4.78, 5) is 2.37. The Morgan fingerprint density at radius 2 is 1.89 bits per heavy atom. The van der Waals surface area contributed by atoms with E-state index in [2.05, 4.69) is 68.8 Å². The zero-order chi connectivity index (χ0) is 13.5. The Balaban J connectivity index is 2.94. The van der Waals surface area contributed by atoms with E-state index < -0.39 is 0 Å². The number of hydrogen-bond acceptors (Lipinski definition) is 2. The van der Waals surface area contributed by atoms with Crippen LogP contribution in [0.2, 0.25) is 0 Å². The number of para-hydroxylation sites is 1.